The molecule has 5 nitrogen and oxygen atoms in total. The summed E-state index contributed by atoms with van der Waals surface area (Å²) in [7, 11) is 0.583. The summed E-state index contributed by atoms with van der Waals surface area (Å²) in [5.41, 5.74) is 0. The van der Waals surface area contributed by atoms with Crippen LogP contribution in [-0.4, -0.2) is 57.5 Å². The lowest BCUT2D eigenvalue weighted by molar-refractivity contribution is -0.148. The monoisotopic (exact) mass is 260 g/mol. The van der Waals surface area contributed by atoms with E-state index in [9.17, 15) is 9.59 Å². The van der Waals surface area contributed by atoms with Gasteiger partial charge in [0, 0.05) is 26.9 Å². The molecule has 0 aromatic rings. The first-order valence-corrected chi connectivity index (χ1v) is 6.79. The van der Waals surface area contributed by atoms with Crippen molar-refractivity contribution in [3.63, 3.8) is 0 Å². The Kier molecular flexibility index (Phi) is 7.06. The second kappa shape index (κ2) is 7.44. The summed E-state index contributed by atoms with van der Waals surface area (Å²) in [6.45, 7) is 9.88. The van der Waals surface area contributed by atoms with Gasteiger partial charge in [0.2, 0.25) is 11.8 Å². The first kappa shape index (κ1) is 16.1. The van der Waals surface area contributed by atoms with Crippen LogP contribution in [0.4, 0.5) is 0 Å². The molecule has 0 rings (SSSR count). The molecule has 0 saturated heterocycles. The van der Waals surface area contributed by atoms with Crippen LogP contribution in [0.2, 0.25) is 0 Å². The van der Waals surface area contributed by atoms with E-state index in [0.29, 0.717) is 23.6 Å². The zero-order valence-electron chi connectivity index (χ0n) is 11.7. The Balaban J connectivity index is 5.22. The highest BCUT2D eigenvalue weighted by Gasteiger charge is 2.31. The molecule has 0 fully saturated rings. The predicted molar refractivity (Wildman–Crippen MR) is 70.4 cm³/mol. The molecule has 0 N–H and O–H groups in total. The molecular formula is C11H24N2O3Si. The van der Waals surface area contributed by atoms with Crippen LogP contribution in [0.3, 0.4) is 0 Å². The van der Waals surface area contributed by atoms with Gasteiger partial charge in [0.05, 0.1) is 6.10 Å². The number of carbonyl (C=O) groups is 2. The predicted octanol–water partition coefficient (Wildman–Crippen LogP) is -0.265. The van der Waals surface area contributed by atoms with Crippen LogP contribution in [-0.2, 0) is 14.0 Å². The fourth-order valence-electron chi connectivity index (χ4n) is 1.99. The van der Waals surface area contributed by atoms with E-state index in [0.717, 1.165) is 0 Å². The molecule has 17 heavy (non-hydrogen) atoms. The Morgan fingerprint density at radius 1 is 1.12 bits per heavy atom. The molecule has 100 valence electrons. The number of hydrogen-bond donors (Lipinski definition) is 0. The number of amides is 2. The van der Waals surface area contributed by atoms with E-state index >= 15 is 0 Å². The van der Waals surface area contributed by atoms with E-state index in [1.54, 1.807) is 9.80 Å². The maximum absolute atomic E-state index is 11.6. The van der Waals surface area contributed by atoms with Gasteiger partial charge in [-0.15, -0.1) is 0 Å². The molecule has 0 spiro atoms. The first-order chi connectivity index (χ1) is 7.90. The highest BCUT2D eigenvalue weighted by Crippen LogP contribution is 2.13. The third-order valence-corrected chi connectivity index (χ3v) is 3.66. The molecule has 0 aliphatic rings. The van der Waals surface area contributed by atoms with Gasteiger partial charge in [0.1, 0.15) is 16.7 Å². The summed E-state index contributed by atoms with van der Waals surface area (Å²) in [6, 6.07) is 0. The smallest absolute Gasteiger partial charge is 0.221 e. The van der Waals surface area contributed by atoms with Gasteiger partial charge in [-0.25, -0.2) is 0 Å². The van der Waals surface area contributed by atoms with Crippen LogP contribution in [0.25, 0.3) is 0 Å². The Morgan fingerprint density at radius 2 is 1.47 bits per heavy atom. The highest BCUT2D eigenvalue weighted by molar-refractivity contribution is 5.98. The van der Waals surface area contributed by atoms with Crippen molar-refractivity contribution in [2.24, 2.45) is 0 Å². The Hall–Kier alpha value is -0.883. The minimum atomic E-state index is -0.308. The summed E-state index contributed by atoms with van der Waals surface area (Å²) in [4.78, 5) is 26.6. The molecule has 0 bridgehead atoms. The molecule has 6 heteroatoms. The van der Waals surface area contributed by atoms with Crippen molar-refractivity contribution in [1.29, 1.82) is 0 Å². The molecule has 1 unspecified atom stereocenters. The van der Waals surface area contributed by atoms with Gasteiger partial charge in [-0.05, 0) is 20.8 Å². The maximum atomic E-state index is 11.6. The maximum Gasteiger partial charge on any atom is 0.221 e. The number of likely N-dealkylation sites (N-methyl/N-ethyl adjacent to an activating group) is 2. The summed E-state index contributed by atoms with van der Waals surface area (Å²) >= 11 is 0. The lowest BCUT2D eigenvalue weighted by Gasteiger charge is -2.41. The number of nitrogens with zero attached hydrogens (tertiary/aromatic N) is 2. The zero-order chi connectivity index (χ0) is 13.6. The summed E-state index contributed by atoms with van der Waals surface area (Å²) in [5, 5.41) is 0. The molecule has 1 atom stereocenters. The van der Waals surface area contributed by atoms with Crippen LogP contribution in [0.1, 0.15) is 34.6 Å². The lowest BCUT2D eigenvalue weighted by Crippen LogP contribution is -2.57. The third-order valence-electron chi connectivity index (χ3n) is 2.92. The minimum absolute atomic E-state index is 0.0391. The van der Waals surface area contributed by atoms with E-state index in [2.05, 4.69) is 0 Å². The van der Waals surface area contributed by atoms with Gasteiger partial charge in [-0.2, -0.15) is 0 Å². The Morgan fingerprint density at radius 3 is 1.65 bits per heavy atom. The average Bonchev–Trinajstić information content (AvgIpc) is 2.27. The fourth-order valence-corrected chi connectivity index (χ4v) is 2.23. The van der Waals surface area contributed by atoms with Gasteiger partial charge in [-0.3, -0.25) is 9.59 Å². The van der Waals surface area contributed by atoms with E-state index in [4.69, 9.17) is 4.43 Å². The first-order valence-electron chi connectivity index (χ1n) is 5.97. The fraction of sp³-hybridized carbons (Fsp3) is 0.818. The SMILES string of the molecule is CCN(C(C)=O)C(C(C)O[SiH3])N(CC)C(C)=O. The van der Waals surface area contributed by atoms with Crippen LogP contribution >= 0.6 is 0 Å². The van der Waals surface area contributed by atoms with Crippen LogP contribution < -0.4 is 0 Å². The normalized spacial score (nSPS) is 12.6. The molecule has 0 aromatic heterocycles. The Bertz CT molecular complexity index is 251. The molecule has 0 aliphatic heterocycles. The van der Waals surface area contributed by atoms with Gasteiger partial charge in [0.25, 0.3) is 0 Å². The van der Waals surface area contributed by atoms with Crippen LogP contribution in [0.15, 0.2) is 0 Å². The number of hydrogen-bond acceptors (Lipinski definition) is 3. The van der Waals surface area contributed by atoms with Crippen molar-refractivity contribution in [3.05, 3.63) is 0 Å². The van der Waals surface area contributed by atoms with Crippen LogP contribution in [0, 0.1) is 0 Å². The quantitative estimate of drug-likeness (QED) is 0.488. The topological polar surface area (TPSA) is 49.9 Å². The second-order valence-electron chi connectivity index (χ2n) is 3.96. The molecule has 0 aliphatic carbocycles. The summed E-state index contributed by atoms with van der Waals surface area (Å²) in [5.74, 6) is -0.0782. The standard InChI is InChI=1S/C11H24N2O3Si/c1-6-12(9(4)14)11(8(3)16-17)13(7-2)10(5)15/h8,11H,6-7H2,1-5,17H3. The van der Waals surface area contributed by atoms with Crippen molar-refractivity contribution in [2.75, 3.05) is 13.1 Å². The van der Waals surface area contributed by atoms with Crippen molar-refractivity contribution >= 4 is 22.3 Å². The van der Waals surface area contributed by atoms with E-state index in [1.165, 1.54) is 13.8 Å². The molecular weight excluding hydrogens is 236 g/mol. The van der Waals surface area contributed by atoms with Crippen molar-refractivity contribution in [2.45, 2.75) is 46.9 Å². The van der Waals surface area contributed by atoms with Crippen LogP contribution in [0.5, 0.6) is 0 Å². The Labute approximate surface area is 107 Å². The highest BCUT2D eigenvalue weighted by atomic mass is 28.2. The molecule has 2 amide bonds. The van der Waals surface area contributed by atoms with Crippen molar-refractivity contribution in [3.8, 4) is 0 Å². The molecule has 0 saturated carbocycles. The molecule has 0 heterocycles. The molecule has 0 aromatic carbocycles. The van der Waals surface area contributed by atoms with Gasteiger partial charge in [0.15, 0.2) is 0 Å². The van der Waals surface area contributed by atoms with E-state index in [1.807, 2.05) is 20.8 Å². The zero-order valence-corrected chi connectivity index (χ0v) is 13.7. The van der Waals surface area contributed by atoms with E-state index in [-0.39, 0.29) is 24.1 Å². The van der Waals surface area contributed by atoms with Gasteiger partial charge >= 0.3 is 0 Å². The van der Waals surface area contributed by atoms with Crippen molar-refractivity contribution < 1.29 is 14.0 Å². The minimum Gasteiger partial charge on any atom is -0.421 e. The lowest BCUT2D eigenvalue weighted by atomic mass is 10.2. The van der Waals surface area contributed by atoms with Gasteiger partial charge in [-0.1, -0.05) is 0 Å². The average molecular weight is 260 g/mol. The largest absolute Gasteiger partial charge is 0.421 e. The number of carbonyl (C=O) groups excluding carboxylic acids is 2. The van der Waals surface area contributed by atoms with Gasteiger partial charge < -0.3 is 14.2 Å². The summed E-state index contributed by atoms with van der Waals surface area (Å²) < 4.78 is 5.43. The second-order valence-corrected chi connectivity index (χ2v) is 4.44. The van der Waals surface area contributed by atoms with Crippen molar-refractivity contribution in [1.82, 2.24) is 9.80 Å². The third kappa shape index (κ3) is 4.12. The number of rotatable bonds is 6. The summed E-state index contributed by atoms with van der Waals surface area (Å²) in [6.07, 6.45) is -0.466. The van der Waals surface area contributed by atoms with E-state index < -0.39 is 0 Å². The molecule has 0 radical (unpaired) electrons.